The van der Waals surface area contributed by atoms with Gasteiger partial charge in [-0.1, -0.05) is 0 Å². The Kier molecular flexibility index (Phi) is 3.44. The fourth-order valence-corrected chi connectivity index (χ4v) is 1.63. The topological polar surface area (TPSA) is 79.3 Å². The Bertz CT molecular complexity index is 393. The van der Waals surface area contributed by atoms with Crippen LogP contribution in [0.25, 0.3) is 0 Å². The van der Waals surface area contributed by atoms with Crippen molar-refractivity contribution in [2.24, 2.45) is 0 Å². The maximum atomic E-state index is 9.27. The number of anilines is 2. The van der Waals surface area contributed by atoms with Crippen LogP contribution in [-0.4, -0.2) is 41.4 Å². The average Bonchev–Trinajstić information content (AvgIpc) is 3.09. The Morgan fingerprint density at radius 3 is 2.65 bits per heavy atom. The van der Waals surface area contributed by atoms with Crippen molar-refractivity contribution < 1.29 is 9.84 Å². The van der Waals surface area contributed by atoms with E-state index in [0.29, 0.717) is 12.4 Å². The molecule has 1 aromatic rings. The SMILES string of the molecule is CNc1cc(NC2(CO)CC2)nc(COC)n1. The first-order chi connectivity index (χ1) is 8.21. The molecule has 1 heterocycles. The smallest absolute Gasteiger partial charge is 0.158 e. The van der Waals surface area contributed by atoms with Gasteiger partial charge in [-0.25, -0.2) is 9.97 Å². The van der Waals surface area contributed by atoms with Gasteiger partial charge in [-0.15, -0.1) is 0 Å². The van der Waals surface area contributed by atoms with Crippen molar-refractivity contribution in [1.82, 2.24) is 9.97 Å². The fourth-order valence-electron chi connectivity index (χ4n) is 1.63. The Morgan fingerprint density at radius 1 is 1.41 bits per heavy atom. The van der Waals surface area contributed by atoms with Crippen molar-refractivity contribution in [3.8, 4) is 0 Å². The van der Waals surface area contributed by atoms with Crippen LogP contribution in [-0.2, 0) is 11.3 Å². The number of aliphatic hydroxyl groups is 1. The zero-order chi connectivity index (χ0) is 12.3. The minimum atomic E-state index is -0.177. The zero-order valence-electron chi connectivity index (χ0n) is 10.2. The van der Waals surface area contributed by atoms with E-state index in [-0.39, 0.29) is 12.1 Å². The van der Waals surface area contributed by atoms with Crippen LogP contribution in [0.3, 0.4) is 0 Å². The van der Waals surface area contributed by atoms with Gasteiger partial charge in [-0.3, -0.25) is 0 Å². The summed E-state index contributed by atoms with van der Waals surface area (Å²) in [6, 6.07) is 1.83. The third-order valence-corrected chi connectivity index (χ3v) is 2.85. The third-order valence-electron chi connectivity index (χ3n) is 2.85. The van der Waals surface area contributed by atoms with Gasteiger partial charge in [0.2, 0.25) is 0 Å². The van der Waals surface area contributed by atoms with Crippen LogP contribution < -0.4 is 10.6 Å². The Hall–Kier alpha value is -1.40. The summed E-state index contributed by atoms with van der Waals surface area (Å²) in [5, 5.41) is 15.5. The van der Waals surface area contributed by atoms with Gasteiger partial charge in [0.1, 0.15) is 18.2 Å². The van der Waals surface area contributed by atoms with E-state index in [2.05, 4.69) is 20.6 Å². The molecule has 6 nitrogen and oxygen atoms in total. The number of ether oxygens (including phenoxy) is 1. The number of methoxy groups -OCH3 is 1. The normalized spacial score (nSPS) is 16.6. The van der Waals surface area contributed by atoms with Gasteiger partial charge in [0.15, 0.2) is 5.82 Å². The van der Waals surface area contributed by atoms with Crippen molar-refractivity contribution in [3.05, 3.63) is 11.9 Å². The third kappa shape index (κ3) is 2.83. The minimum Gasteiger partial charge on any atom is -0.394 e. The molecule has 0 amide bonds. The van der Waals surface area contributed by atoms with E-state index in [1.165, 1.54) is 0 Å². The van der Waals surface area contributed by atoms with Crippen molar-refractivity contribution in [2.45, 2.75) is 25.0 Å². The summed E-state index contributed by atoms with van der Waals surface area (Å²) in [6.07, 6.45) is 1.95. The highest BCUT2D eigenvalue weighted by atomic mass is 16.5. The molecule has 0 atom stereocenters. The maximum Gasteiger partial charge on any atom is 0.158 e. The van der Waals surface area contributed by atoms with Gasteiger partial charge in [-0.05, 0) is 12.8 Å². The van der Waals surface area contributed by atoms with E-state index >= 15 is 0 Å². The van der Waals surface area contributed by atoms with E-state index in [4.69, 9.17) is 4.74 Å². The van der Waals surface area contributed by atoms with Crippen LogP contribution in [0.15, 0.2) is 6.07 Å². The van der Waals surface area contributed by atoms with Crippen LogP contribution in [0, 0.1) is 0 Å². The van der Waals surface area contributed by atoms with Crippen LogP contribution >= 0.6 is 0 Å². The number of nitrogens with one attached hydrogen (secondary N) is 2. The number of hydrogen-bond acceptors (Lipinski definition) is 6. The summed E-state index contributed by atoms with van der Waals surface area (Å²) in [5.74, 6) is 2.09. The van der Waals surface area contributed by atoms with E-state index in [0.717, 1.165) is 24.5 Å². The molecule has 94 valence electrons. The molecular weight excluding hydrogens is 220 g/mol. The van der Waals surface area contributed by atoms with Crippen molar-refractivity contribution in [3.63, 3.8) is 0 Å². The highest BCUT2D eigenvalue weighted by molar-refractivity contribution is 5.49. The number of rotatable bonds is 6. The first-order valence-corrected chi connectivity index (χ1v) is 5.65. The van der Waals surface area contributed by atoms with Crippen LogP contribution in [0.1, 0.15) is 18.7 Å². The molecule has 1 saturated carbocycles. The molecule has 0 radical (unpaired) electrons. The lowest BCUT2D eigenvalue weighted by Gasteiger charge is -2.16. The van der Waals surface area contributed by atoms with Crippen LogP contribution in [0.2, 0.25) is 0 Å². The van der Waals surface area contributed by atoms with Crippen molar-refractivity contribution >= 4 is 11.6 Å². The maximum absolute atomic E-state index is 9.27. The Labute approximate surface area is 100 Å². The van der Waals surface area contributed by atoms with Crippen LogP contribution in [0.5, 0.6) is 0 Å². The number of aliphatic hydroxyl groups excluding tert-OH is 1. The summed E-state index contributed by atoms with van der Waals surface area (Å²) in [5.41, 5.74) is -0.177. The van der Waals surface area contributed by atoms with Crippen molar-refractivity contribution in [2.75, 3.05) is 31.4 Å². The molecule has 1 aliphatic carbocycles. The largest absolute Gasteiger partial charge is 0.394 e. The summed E-state index contributed by atoms with van der Waals surface area (Å²) in [4.78, 5) is 8.61. The molecule has 1 aliphatic rings. The highest BCUT2D eigenvalue weighted by Crippen LogP contribution is 2.38. The molecule has 0 aromatic carbocycles. The van der Waals surface area contributed by atoms with E-state index in [1.54, 1.807) is 7.11 Å². The predicted molar refractivity (Wildman–Crippen MR) is 65.0 cm³/mol. The standard InChI is InChI=1S/C11H18N4O2/c1-12-8-5-9(14-10(13-8)6-17-2)15-11(7-16)3-4-11/h5,16H,3-4,6-7H2,1-2H3,(H2,12,13,14,15). The monoisotopic (exact) mass is 238 g/mol. The lowest BCUT2D eigenvalue weighted by molar-refractivity contribution is 0.178. The number of hydrogen-bond donors (Lipinski definition) is 3. The minimum absolute atomic E-state index is 0.130. The lowest BCUT2D eigenvalue weighted by atomic mass is 10.3. The second-order valence-corrected chi connectivity index (χ2v) is 4.30. The summed E-state index contributed by atoms with van der Waals surface area (Å²) >= 11 is 0. The first-order valence-electron chi connectivity index (χ1n) is 5.65. The molecule has 0 saturated heterocycles. The molecule has 0 spiro atoms. The lowest BCUT2D eigenvalue weighted by Crippen LogP contribution is -2.26. The van der Waals surface area contributed by atoms with E-state index in [1.807, 2.05) is 13.1 Å². The molecule has 1 fully saturated rings. The molecule has 6 heteroatoms. The fraction of sp³-hybridized carbons (Fsp3) is 0.636. The number of aromatic nitrogens is 2. The molecular formula is C11H18N4O2. The molecule has 3 N–H and O–H groups in total. The Morgan fingerprint density at radius 2 is 2.12 bits per heavy atom. The quantitative estimate of drug-likeness (QED) is 0.673. The molecule has 17 heavy (non-hydrogen) atoms. The van der Waals surface area contributed by atoms with Gasteiger partial charge >= 0.3 is 0 Å². The zero-order valence-corrected chi connectivity index (χ0v) is 10.2. The summed E-state index contributed by atoms with van der Waals surface area (Å²) in [6.45, 7) is 0.502. The molecule has 0 aliphatic heterocycles. The van der Waals surface area contributed by atoms with Gasteiger partial charge in [0.25, 0.3) is 0 Å². The second kappa shape index (κ2) is 4.85. The molecule has 0 bridgehead atoms. The van der Waals surface area contributed by atoms with E-state index < -0.39 is 0 Å². The van der Waals surface area contributed by atoms with Crippen molar-refractivity contribution in [1.29, 1.82) is 0 Å². The molecule has 2 rings (SSSR count). The highest BCUT2D eigenvalue weighted by Gasteiger charge is 2.42. The van der Waals surface area contributed by atoms with Crippen LogP contribution in [0.4, 0.5) is 11.6 Å². The summed E-state index contributed by atoms with van der Waals surface area (Å²) in [7, 11) is 3.42. The Balaban J connectivity index is 2.17. The predicted octanol–water partition coefficient (Wildman–Crippen LogP) is 0.601. The molecule has 0 unspecified atom stereocenters. The first kappa shape index (κ1) is 12.1. The second-order valence-electron chi connectivity index (χ2n) is 4.30. The van der Waals surface area contributed by atoms with Gasteiger partial charge in [0.05, 0.1) is 12.1 Å². The molecule has 1 aromatic heterocycles. The number of nitrogens with zero attached hydrogens (tertiary/aromatic N) is 2. The van der Waals surface area contributed by atoms with Gasteiger partial charge < -0.3 is 20.5 Å². The average molecular weight is 238 g/mol. The van der Waals surface area contributed by atoms with Gasteiger partial charge in [0, 0.05) is 20.2 Å². The summed E-state index contributed by atoms with van der Waals surface area (Å²) < 4.78 is 5.02. The van der Waals surface area contributed by atoms with Gasteiger partial charge in [-0.2, -0.15) is 0 Å². The van der Waals surface area contributed by atoms with E-state index in [9.17, 15) is 5.11 Å².